The van der Waals surface area contributed by atoms with Gasteiger partial charge in [0.25, 0.3) is 0 Å². The molecule has 0 aliphatic heterocycles. The monoisotopic (exact) mass is 296 g/mol. The fourth-order valence-electron chi connectivity index (χ4n) is 1.83. The van der Waals surface area contributed by atoms with Crippen LogP contribution in [-0.4, -0.2) is 25.2 Å². The van der Waals surface area contributed by atoms with Crippen LogP contribution in [0.25, 0.3) is 0 Å². The number of rotatable bonds is 10. The highest BCUT2D eigenvalue weighted by Gasteiger charge is 2.28. The first-order valence-electron chi connectivity index (χ1n) is 7.96. The lowest BCUT2D eigenvalue weighted by atomic mass is 10.1. The summed E-state index contributed by atoms with van der Waals surface area (Å²) < 4.78 is 9.77. The molecule has 0 atom stereocenters. The molecule has 120 valence electrons. The highest BCUT2D eigenvalue weighted by atomic mass is 16.6. The van der Waals surface area contributed by atoms with Crippen LogP contribution < -0.4 is 0 Å². The molecule has 21 heavy (non-hydrogen) atoms. The lowest BCUT2D eigenvalue weighted by Gasteiger charge is -2.11. The zero-order valence-corrected chi connectivity index (χ0v) is 13.6. The Balaban J connectivity index is 4.17. The Morgan fingerprint density at radius 2 is 1.43 bits per heavy atom. The van der Waals surface area contributed by atoms with Crippen molar-refractivity contribution < 1.29 is 19.1 Å². The first-order chi connectivity index (χ1) is 10.2. The van der Waals surface area contributed by atoms with Crippen molar-refractivity contribution in [3.05, 3.63) is 0 Å². The molecule has 0 aromatic rings. The van der Waals surface area contributed by atoms with E-state index >= 15 is 0 Å². The molecular weight excluding hydrogens is 268 g/mol. The van der Waals surface area contributed by atoms with E-state index in [4.69, 9.17) is 9.47 Å². The average Bonchev–Trinajstić information content (AvgIpc) is 2.46. The molecule has 0 fully saturated rings. The van der Waals surface area contributed by atoms with Crippen molar-refractivity contribution in [3.8, 4) is 11.8 Å². The summed E-state index contributed by atoms with van der Waals surface area (Å²) in [6, 6.07) is 0. The van der Waals surface area contributed by atoms with Gasteiger partial charge in [0, 0.05) is 12.8 Å². The van der Waals surface area contributed by atoms with Gasteiger partial charge in [0.15, 0.2) is 5.92 Å². The van der Waals surface area contributed by atoms with Gasteiger partial charge >= 0.3 is 11.9 Å². The predicted molar refractivity (Wildman–Crippen MR) is 82.5 cm³/mol. The maximum atomic E-state index is 11.7. The largest absolute Gasteiger partial charge is 0.465 e. The van der Waals surface area contributed by atoms with Gasteiger partial charge in [-0.3, -0.25) is 9.59 Å². The van der Waals surface area contributed by atoms with Crippen molar-refractivity contribution >= 4 is 11.9 Å². The Morgan fingerprint density at radius 1 is 0.857 bits per heavy atom. The van der Waals surface area contributed by atoms with Crippen molar-refractivity contribution in [2.45, 2.75) is 65.7 Å². The fraction of sp³-hybridized carbons (Fsp3) is 0.765. The van der Waals surface area contributed by atoms with Crippen LogP contribution in [0.1, 0.15) is 65.7 Å². The summed E-state index contributed by atoms with van der Waals surface area (Å²) in [5.41, 5.74) is 0. The molecule has 0 rings (SSSR count). The zero-order chi connectivity index (χ0) is 15.9. The number of hydrogen-bond acceptors (Lipinski definition) is 4. The minimum atomic E-state index is -0.919. The van der Waals surface area contributed by atoms with E-state index in [1.165, 1.54) is 25.7 Å². The summed E-state index contributed by atoms with van der Waals surface area (Å²) in [4.78, 5) is 23.4. The molecule has 0 aromatic heterocycles. The summed E-state index contributed by atoms with van der Waals surface area (Å²) in [6.07, 6.45) is 6.97. The lowest BCUT2D eigenvalue weighted by Crippen LogP contribution is -2.27. The van der Waals surface area contributed by atoms with Crippen molar-refractivity contribution in [2.75, 3.05) is 13.2 Å². The minimum absolute atomic E-state index is 0.173. The van der Waals surface area contributed by atoms with E-state index in [1.54, 1.807) is 13.8 Å². The maximum absolute atomic E-state index is 11.7. The number of hydrogen-bond donors (Lipinski definition) is 0. The van der Waals surface area contributed by atoms with Crippen molar-refractivity contribution in [1.29, 1.82) is 0 Å². The summed E-state index contributed by atoms with van der Waals surface area (Å²) in [7, 11) is 0. The highest BCUT2D eigenvalue weighted by Crippen LogP contribution is 2.09. The van der Waals surface area contributed by atoms with E-state index in [0.717, 1.165) is 12.8 Å². The molecule has 0 N–H and O–H groups in total. The molecule has 4 heteroatoms. The van der Waals surface area contributed by atoms with Gasteiger partial charge in [0.1, 0.15) is 0 Å². The van der Waals surface area contributed by atoms with E-state index in [1.807, 2.05) is 0 Å². The topological polar surface area (TPSA) is 52.6 Å². The number of ether oxygens (including phenoxy) is 2. The van der Waals surface area contributed by atoms with Gasteiger partial charge in [-0.15, -0.1) is 11.8 Å². The van der Waals surface area contributed by atoms with E-state index in [9.17, 15) is 9.59 Å². The van der Waals surface area contributed by atoms with E-state index in [-0.39, 0.29) is 19.6 Å². The molecule has 4 nitrogen and oxygen atoms in total. The van der Waals surface area contributed by atoms with Crippen molar-refractivity contribution in [3.63, 3.8) is 0 Å². The van der Waals surface area contributed by atoms with Gasteiger partial charge in [-0.1, -0.05) is 32.6 Å². The first-order valence-corrected chi connectivity index (χ1v) is 7.96. The second kappa shape index (κ2) is 13.5. The molecule has 0 bridgehead atoms. The molecular formula is C17H28O4. The maximum Gasteiger partial charge on any atom is 0.321 e. The van der Waals surface area contributed by atoms with Crippen LogP contribution in [0.2, 0.25) is 0 Å². The van der Waals surface area contributed by atoms with E-state index in [0.29, 0.717) is 0 Å². The quantitative estimate of drug-likeness (QED) is 0.268. The van der Waals surface area contributed by atoms with E-state index in [2.05, 4.69) is 18.8 Å². The van der Waals surface area contributed by atoms with Crippen LogP contribution in [0.15, 0.2) is 0 Å². The van der Waals surface area contributed by atoms with Gasteiger partial charge in [-0.2, -0.15) is 0 Å². The number of unbranched alkanes of at least 4 members (excludes halogenated alkanes) is 5. The van der Waals surface area contributed by atoms with Crippen LogP contribution in [0.3, 0.4) is 0 Å². The van der Waals surface area contributed by atoms with Crippen LogP contribution in [0.5, 0.6) is 0 Å². The lowest BCUT2D eigenvalue weighted by molar-refractivity contribution is -0.161. The second-order valence-electron chi connectivity index (χ2n) is 4.78. The molecule has 0 aromatic carbocycles. The Kier molecular flexibility index (Phi) is 12.5. The van der Waals surface area contributed by atoms with Crippen LogP contribution in [0.4, 0.5) is 0 Å². The Labute approximate surface area is 128 Å². The Morgan fingerprint density at radius 3 is 1.95 bits per heavy atom. The minimum Gasteiger partial charge on any atom is -0.465 e. The SMILES string of the molecule is CCCCCCCC#CCC(C(=O)OCC)C(=O)OCC. The molecule has 0 radical (unpaired) electrons. The first kappa shape index (κ1) is 19.5. The fourth-order valence-corrected chi connectivity index (χ4v) is 1.83. The molecule has 0 unspecified atom stereocenters. The molecule has 0 aliphatic rings. The molecule has 0 heterocycles. The van der Waals surface area contributed by atoms with E-state index < -0.39 is 17.9 Å². The third-order valence-electron chi connectivity index (χ3n) is 2.98. The van der Waals surface area contributed by atoms with Crippen LogP contribution in [-0.2, 0) is 19.1 Å². The Bertz CT molecular complexity index is 334. The van der Waals surface area contributed by atoms with Crippen LogP contribution in [0, 0.1) is 17.8 Å². The number of esters is 2. The summed E-state index contributed by atoms with van der Waals surface area (Å²) in [5.74, 6) is 3.91. The predicted octanol–water partition coefficient (Wildman–Crippen LogP) is 3.48. The molecule has 0 amide bonds. The van der Waals surface area contributed by atoms with Gasteiger partial charge < -0.3 is 9.47 Å². The third kappa shape index (κ3) is 9.95. The number of carbonyl (C=O) groups excluding carboxylic acids is 2. The number of carbonyl (C=O) groups is 2. The van der Waals surface area contributed by atoms with Gasteiger partial charge in [-0.05, 0) is 20.3 Å². The zero-order valence-electron chi connectivity index (χ0n) is 13.6. The van der Waals surface area contributed by atoms with Gasteiger partial charge in [-0.25, -0.2) is 0 Å². The van der Waals surface area contributed by atoms with Crippen molar-refractivity contribution in [1.82, 2.24) is 0 Å². The van der Waals surface area contributed by atoms with Crippen LogP contribution >= 0.6 is 0 Å². The summed E-state index contributed by atoms with van der Waals surface area (Å²) >= 11 is 0. The molecule has 0 spiro atoms. The van der Waals surface area contributed by atoms with Gasteiger partial charge in [0.2, 0.25) is 0 Å². The molecule has 0 saturated heterocycles. The highest BCUT2D eigenvalue weighted by molar-refractivity contribution is 5.95. The smallest absolute Gasteiger partial charge is 0.321 e. The van der Waals surface area contributed by atoms with Crippen molar-refractivity contribution in [2.24, 2.45) is 5.92 Å². The molecule has 0 saturated carbocycles. The normalized spacial score (nSPS) is 9.90. The summed E-state index contributed by atoms with van der Waals surface area (Å²) in [5, 5.41) is 0. The Hall–Kier alpha value is -1.50. The average molecular weight is 296 g/mol. The third-order valence-corrected chi connectivity index (χ3v) is 2.98. The second-order valence-corrected chi connectivity index (χ2v) is 4.78. The van der Waals surface area contributed by atoms with Gasteiger partial charge in [0.05, 0.1) is 13.2 Å². The summed E-state index contributed by atoms with van der Waals surface area (Å²) in [6.45, 7) is 6.11. The molecule has 0 aliphatic carbocycles. The standard InChI is InChI=1S/C17H28O4/c1-4-7-8-9-10-11-12-13-14-15(16(18)20-5-2)17(19)21-6-3/h15H,4-11,14H2,1-3H3.